The molecule has 0 aliphatic heterocycles. The lowest BCUT2D eigenvalue weighted by molar-refractivity contribution is 0.0748. The Kier molecular flexibility index (Phi) is 6.92. The van der Waals surface area contributed by atoms with Crippen LogP contribution in [0.2, 0.25) is 0 Å². The minimum Gasteiger partial charge on any atom is -0.382 e. The zero-order valence-electron chi connectivity index (χ0n) is 11.9. The highest BCUT2D eigenvalue weighted by molar-refractivity contribution is 5.92. The van der Waals surface area contributed by atoms with Crippen LogP contribution in [0.4, 0.5) is 5.69 Å². The normalized spacial score (nSPS) is 11.6. The lowest BCUT2D eigenvalue weighted by atomic mass is 10.1. The molecule has 5 nitrogen and oxygen atoms in total. The average molecular weight is 265 g/mol. The Morgan fingerprint density at radius 1 is 1.16 bits per heavy atom. The van der Waals surface area contributed by atoms with E-state index < -0.39 is 0 Å². The van der Waals surface area contributed by atoms with Crippen LogP contribution in [0.5, 0.6) is 0 Å². The van der Waals surface area contributed by atoms with Gasteiger partial charge in [0.1, 0.15) is 0 Å². The SMILES string of the molecule is COCCOCCN=C(N)Nc1cc(C)cc(C)c1. The first-order valence-corrected chi connectivity index (χ1v) is 6.33. The molecule has 0 saturated heterocycles. The average Bonchev–Trinajstić information content (AvgIpc) is 2.32. The van der Waals surface area contributed by atoms with Crippen LogP contribution in [0.3, 0.4) is 0 Å². The van der Waals surface area contributed by atoms with Gasteiger partial charge in [-0.1, -0.05) is 6.07 Å². The van der Waals surface area contributed by atoms with Crippen molar-refractivity contribution in [2.45, 2.75) is 13.8 Å². The number of benzene rings is 1. The number of aryl methyl sites for hydroxylation is 2. The summed E-state index contributed by atoms with van der Waals surface area (Å²) < 4.78 is 10.2. The molecular formula is C14H23N3O2. The van der Waals surface area contributed by atoms with E-state index in [1.54, 1.807) is 7.11 Å². The van der Waals surface area contributed by atoms with E-state index in [0.717, 1.165) is 5.69 Å². The van der Waals surface area contributed by atoms with Gasteiger partial charge in [0, 0.05) is 12.8 Å². The second-order valence-corrected chi connectivity index (χ2v) is 4.37. The minimum atomic E-state index is 0.403. The third-order valence-corrected chi connectivity index (χ3v) is 2.44. The van der Waals surface area contributed by atoms with Crippen LogP contribution in [0.25, 0.3) is 0 Å². The van der Waals surface area contributed by atoms with Gasteiger partial charge < -0.3 is 20.5 Å². The number of nitrogens with one attached hydrogen (secondary N) is 1. The molecule has 0 aliphatic carbocycles. The second-order valence-electron chi connectivity index (χ2n) is 4.37. The largest absolute Gasteiger partial charge is 0.382 e. The molecule has 0 atom stereocenters. The second kappa shape index (κ2) is 8.50. The third-order valence-electron chi connectivity index (χ3n) is 2.44. The molecule has 3 N–H and O–H groups in total. The number of rotatable bonds is 7. The van der Waals surface area contributed by atoms with Gasteiger partial charge >= 0.3 is 0 Å². The number of methoxy groups -OCH3 is 1. The molecule has 19 heavy (non-hydrogen) atoms. The summed E-state index contributed by atoms with van der Waals surface area (Å²) >= 11 is 0. The summed E-state index contributed by atoms with van der Waals surface area (Å²) in [5, 5.41) is 3.07. The van der Waals surface area contributed by atoms with Crippen molar-refractivity contribution in [3.05, 3.63) is 29.3 Å². The van der Waals surface area contributed by atoms with Crippen LogP contribution in [-0.2, 0) is 9.47 Å². The van der Waals surface area contributed by atoms with Gasteiger partial charge in [-0.2, -0.15) is 0 Å². The molecule has 106 valence electrons. The Bertz CT molecular complexity index is 399. The Morgan fingerprint density at radius 2 is 1.84 bits per heavy atom. The van der Waals surface area contributed by atoms with E-state index in [0.29, 0.717) is 32.3 Å². The fraction of sp³-hybridized carbons (Fsp3) is 0.500. The smallest absolute Gasteiger partial charge is 0.193 e. The topological polar surface area (TPSA) is 68.9 Å². The predicted octanol–water partition coefficient (Wildman–Crippen LogP) is 1.69. The van der Waals surface area contributed by atoms with Crippen LogP contribution < -0.4 is 11.1 Å². The molecule has 1 rings (SSSR count). The fourth-order valence-electron chi connectivity index (χ4n) is 1.71. The highest BCUT2D eigenvalue weighted by Crippen LogP contribution is 2.13. The van der Waals surface area contributed by atoms with Crippen molar-refractivity contribution in [3.8, 4) is 0 Å². The summed E-state index contributed by atoms with van der Waals surface area (Å²) in [4.78, 5) is 4.19. The van der Waals surface area contributed by atoms with Crippen LogP contribution in [-0.4, -0.2) is 39.4 Å². The molecule has 5 heteroatoms. The molecule has 0 aromatic heterocycles. The van der Waals surface area contributed by atoms with E-state index >= 15 is 0 Å². The lowest BCUT2D eigenvalue weighted by Gasteiger charge is -2.08. The van der Waals surface area contributed by atoms with Gasteiger partial charge in [-0.25, -0.2) is 0 Å². The molecule has 0 unspecified atom stereocenters. The third kappa shape index (κ3) is 6.79. The molecule has 0 bridgehead atoms. The summed E-state index contributed by atoms with van der Waals surface area (Å²) in [5.74, 6) is 0.403. The first kappa shape index (κ1) is 15.5. The molecule has 0 saturated carbocycles. The van der Waals surface area contributed by atoms with Crippen LogP contribution >= 0.6 is 0 Å². The van der Waals surface area contributed by atoms with Crippen molar-refractivity contribution in [2.24, 2.45) is 10.7 Å². The number of guanidine groups is 1. The molecule has 0 heterocycles. The first-order valence-electron chi connectivity index (χ1n) is 6.33. The lowest BCUT2D eigenvalue weighted by Crippen LogP contribution is -2.23. The van der Waals surface area contributed by atoms with Gasteiger partial charge in [0.2, 0.25) is 0 Å². The van der Waals surface area contributed by atoms with E-state index in [2.05, 4.69) is 30.2 Å². The van der Waals surface area contributed by atoms with Gasteiger partial charge in [-0.05, 0) is 37.1 Å². The van der Waals surface area contributed by atoms with Crippen molar-refractivity contribution >= 4 is 11.6 Å². The molecular weight excluding hydrogens is 242 g/mol. The van der Waals surface area contributed by atoms with E-state index in [1.165, 1.54) is 11.1 Å². The van der Waals surface area contributed by atoms with E-state index in [-0.39, 0.29) is 0 Å². The molecule has 0 spiro atoms. The van der Waals surface area contributed by atoms with E-state index in [1.807, 2.05) is 12.1 Å². The van der Waals surface area contributed by atoms with E-state index in [4.69, 9.17) is 15.2 Å². The highest BCUT2D eigenvalue weighted by atomic mass is 16.5. The number of anilines is 1. The van der Waals surface area contributed by atoms with Crippen molar-refractivity contribution in [1.29, 1.82) is 0 Å². The number of hydrogen-bond donors (Lipinski definition) is 2. The maximum absolute atomic E-state index is 5.81. The molecule has 1 aromatic rings. The summed E-state index contributed by atoms with van der Waals surface area (Å²) in [6, 6.07) is 6.18. The predicted molar refractivity (Wildman–Crippen MR) is 78.7 cm³/mol. The maximum atomic E-state index is 5.81. The summed E-state index contributed by atoms with van der Waals surface area (Å²) in [6.45, 7) is 6.35. The Labute approximate surface area is 114 Å². The van der Waals surface area contributed by atoms with Crippen molar-refractivity contribution in [1.82, 2.24) is 0 Å². The maximum Gasteiger partial charge on any atom is 0.193 e. The quantitative estimate of drug-likeness (QED) is 0.447. The summed E-state index contributed by atoms with van der Waals surface area (Å²) in [7, 11) is 1.65. The number of nitrogens with two attached hydrogens (primary N) is 1. The van der Waals surface area contributed by atoms with Crippen LogP contribution in [0.1, 0.15) is 11.1 Å². The fourth-order valence-corrected chi connectivity index (χ4v) is 1.71. The van der Waals surface area contributed by atoms with Crippen molar-refractivity contribution in [2.75, 3.05) is 38.8 Å². The molecule has 0 aliphatic rings. The zero-order chi connectivity index (χ0) is 14.1. The molecule has 0 fully saturated rings. The molecule has 1 aromatic carbocycles. The van der Waals surface area contributed by atoms with Crippen molar-refractivity contribution < 1.29 is 9.47 Å². The zero-order valence-corrected chi connectivity index (χ0v) is 11.9. The van der Waals surface area contributed by atoms with E-state index in [9.17, 15) is 0 Å². The van der Waals surface area contributed by atoms with Gasteiger partial charge in [0.15, 0.2) is 5.96 Å². The van der Waals surface area contributed by atoms with Crippen molar-refractivity contribution in [3.63, 3.8) is 0 Å². The Hall–Kier alpha value is -1.59. The summed E-state index contributed by atoms with van der Waals surface area (Å²) in [6.07, 6.45) is 0. The number of aliphatic imine (C=N–C) groups is 1. The first-order chi connectivity index (χ1) is 9.11. The Morgan fingerprint density at radius 3 is 2.47 bits per heavy atom. The van der Waals surface area contributed by atoms with Gasteiger partial charge in [-0.3, -0.25) is 4.99 Å². The minimum absolute atomic E-state index is 0.403. The standard InChI is InChI=1S/C14H23N3O2/c1-11-8-12(2)10-13(9-11)17-14(15)16-4-5-19-7-6-18-3/h8-10H,4-7H2,1-3H3,(H3,15,16,17). The van der Waals surface area contributed by atoms with Crippen LogP contribution in [0, 0.1) is 13.8 Å². The van der Waals surface area contributed by atoms with Gasteiger partial charge in [0.25, 0.3) is 0 Å². The highest BCUT2D eigenvalue weighted by Gasteiger charge is 1.97. The van der Waals surface area contributed by atoms with Crippen LogP contribution in [0.15, 0.2) is 23.2 Å². The van der Waals surface area contributed by atoms with Gasteiger partial charge in [0.05, 0.1) is 26.4 Å². The number of hydrogen-bond acceptors (Lipinski definition) is 3. The van der Waals surface area contributed by atoms with Gasteiger partial charge in [-0.15, -0.1) is 0 Å². The molecule has 0 radical (unpaired) electrons. The summed E-state index contributed by atoms with van der Waals surface area (Å²) in [5.41, 5.74) is 9.15. The number of nitrogens with zero attached hydrogens (tertiary/aromatic N) is 1. The molecule has 0 amide bonds. The number of ether oxygens (including phenoxy) is 2. The Balaban J connectivity index is 2.34. The monoisotopic (exact) mass is 265 g/mol.